The molecular weight excluding hydrogens is 174 g/mol. The quantitative estimate of drug-likeness (QED) is 0.553. The van der Waals surface area contributed by atoms with E-state index in [9.17, 15) is 0 Å². The number of hydrogen-bond acceptors (Lipinski definition) is 1. The predicted molar refractivity (Wildman–Crippen MR) is 60.2 cm³/mol. The molecule has 74 valence electrons. The van der Waals surface area contributed by atoms with Gasteiger partial charge in [-0.25, -0.2) is 4.99 Å². The Labute approximate surface area is 84.4 Å². The molecule has 0 amide bonds. The van der Waals surface area contributed by atoms with Crippen molar-refractivity contribution in [2.24, 2.45) is 4.99 Å². The van der Waals surface area contributed by atoms with Crippen molar-refractivity contribution >= 4 is 12.2 Å². The number of nitrogens with one attached hydrogen (secondary N) is 2. The van der Waals surface area contributed by atoms with Crippen molar-refractivity contribution in [1.82, 2.24) is 5.32 Å². The highest BCUT2D eigenvalue weighted by Gasteiger charge is 1.98. The second-order valence-electron chi connectivity index (χ2n) is 2.95. The molecule has 0 radical (unpaired) electrons. The number of rotatable bonds is 3. The normalized spacial score (nSPS) is 10.4. The summed E-state index contributed by atoms with van der Waals surface area (Å²) in [5.74, 6) is 0.287. The van der Waals surface area contributed by atoms with E-state index in [1.54, 1.807) is 7.05 Å². The van der Waals surface area contributed by atoms with Crippen molar-refractivity contribution in [2.75, 3.05) is 7.05 Å². The van der Waals surface area contributed by atoms with Crippen LogP contribution in [0, 0.1) is 5.41 Å². The van der Waals surface area contributed by atoms with E-state index in [1.165, 1.54) is 11.9 Å². The maximum absolute atomic E-state index is 7.67. The SMILES string of the molecule is CCc1cccc(C(=N)/N=C\NC)c1. The molecule has 1 aromatic rings. The van der Waals surface area contributed by atoms with Crippen LogP contribution in [0.25, 0.3) is 0 Å². The maximum atomic E-state index is 7.67. The summed E-state index contributed by atoms with van der Waals surface area (Å²) in [5, 5.41) is 10.4. The van der Waals surface area contributed by atoms with Crippen LogP contribution in [0.15, 0.2) is 29.3 Å². The Hall–Kier alpha value is -1.64. The third kappa shape index (κ3) is 2.69. The third-order valence-electron chi connectivity index (χ3n) is 1.93. The number of aliphatic imine (C=N–C) groups is 1. The largest absolute Gasteiger partial charge is 0.379 e. The van der Waals surface area contributed by atoms with Crippen LogP contribution in [0.4, 0.5) is 0 Å². The van der Waals surface area contributed by atoms with E-state index in [1.807, 2.05) is 18.2 Å². The van der Waals surface area contributed by atoms with Gasteiger partial charge in [0.1, 0.15) is 0 Å². The Morgan fingerprint density at radius 3 is 3.00 bits per heavy atom. The molecule has 0 aromatic heterocycles. The lowest BCUT2D eigenvalue weighted by Gasteiger charge is -2.01. The third-order valence-corrected chi connectivity index (χ3v) is 1.93. The van der Waals surface area contributed by atoms with Gasteiger partial charge in [0.05, 0.1) is 6.34 Å². The molecule has 3 heteroatoms. The lowest BCUT2D eigenvalue weighted by Crippen LogP contribution is -2.05. The molecule has 2 N–H and O–H groups in total. The summed E-state index contributed by atoms with van der Waals surface area (Å²) in [7, 11) is 1.76. The Bertz CT molecular complexity index is 342. The van der Waals surface area contributed by atoms with Gasteiger partial charge in [0.2, 0.25) is 0 Å². The van der Waals surface area contributed by atoms with Gasteiger partial charge in [0.25, 0.3) is 0 Å². The molecule has 0 aliphatic carbocycles. The topological polar surface area (TPSA) is 48.2 Å². The molecule has 0 aliphatic rings. The van der Waals surface area contributed by atoms with Crippen LogP contribution in [0.3, 0.4) is 0 Å². The molecule has 0 fully saturated rings. The Morgan fingerprint density at radius 1 is 1.57 bits per heavy atom. The molecule has 0 saturated heterocycles. The number of aryl methyl sites for hydroxylation is 1. The molecular formula is C11H15N3. The number of amidine groups is 1. The molecule has 0 aliphatic heterocycles. The number of hydrogen-bond donors (Lipinski definition) is 2. The van der Waals surface area contributed by atoms with Crippen LogP contribution >= 0.6 is 0 Å². The minimum Gasteiger partial charge on any atom is -0.379 e. The van der Waals surface area contributed by atoms with Crippen LogP contribution in [0.1, 0.15) is 18.1 Å². The standard InChI is InChI=1S/C11H15N3/c1-3-9-5-4-6-10(7-9)11(12)14-8-13-2/h4-8H,3H2,1-2H3,(H2,12,13,14). The monoisotopic (exact) mass is 189 g/mol. The molecule has 1 rings (SSSR count). The first kappa shape index (κ1) is 10.4. The van der Waals surface area contributed by atoms with E-state index >= 15 is 0 Å². The fraction of sp³-hybridized carbons (Fsp3) is 0.273. The minimum atomic E-state index is 0.287. The zero-order valence-electron chi connectivity index (χ0n) is 8.54. The fourth-order valence-electron chi connectivity index (χ4n) is 1.14. The smallest absolute Gasteiger partial charge is 0.153 e. The Kier molecular flexibility index (Phi) is 3.85. The second kappa shape index (κ2) is 5.17. The summed E-state index contributed by atoms with van der Waals surface area (Å²) >= 11 is 0. The van der Waals surface area contributed by atoms with E-state index < -0.39 is 0 Å². The molecule has 0 saturated carbocycles. The molecule has 0 unspecified atom stereocenters. The molecule has 0 heterocycles. The van der Waals surface area contributed by atoms with Crippen LogP contribution in [-0.4, -0.2) is 19.2 Å². The molecule has 0 spiro atoms. The van der Waals surface area contributed by atoms with Gasteiger partial charge in [0, 0.05) is 12.6 Å². The first-order chi connectivity index (χ1) is 6.77. The van der Waals surface area contributed by atoms with Crippen molar-refractivity contribution in [3.63, 3.8) is 0 Å². The highest BCUT2D eigenvalue weighted by atomic mass is 14.9. The van der Waals surface area contributed by atoms with E-state index in [-0.39, 0.29) is 5.84 Å². The van der Waals surface area contributed by atoms with Crippen LogP contribution < -0.4 is 5.32 Å². The van der Waals surface area contributed by atoms with Gasteiger partial charge in [-0.1, -0.05) is 25.1 Å². The van der Waals surface area contributed by atoms with E-state index in [0.29, 0.717) is 0 Å². The van der Waals surface area contributed by atoms with E-state index in [2.05, 4.69) is 23.3 Å². The van der Waals surface area contributed by atoms with Gasteiger partial charge in [0.15, 0.2) is 5.84 Å². The number of benzene rings is 1. The van der Waals surface area contributed by atoms with Crippen LogP contribution in [0.2, 0.25) is 0 Å². The summed E-state index contributed by atoms with van der Waals surface area (Å²) in [6, 6.07) is 7.90. The molecule has 0 atom stereocenters. The van der Waals surface area contributed by atoms with Gasteiger partial charge < -0.3 is 5.32 Å². The molecule has 3 nitrogen and oxygen atoms in total. The average molecular weight is 189 g/mol. The van der Waals surface area contributed by atoms with E-state index in [0.717, 1.165) is 12.0 Å². The molecule has 1 aromatic carbocycles. The lowest BCUT2D eigenvalue weighted by molar-refractivity contribution is 1.14. The molecule has 0 bridgehead atoms. The first-order valence-corrected chi connectivity index (χ1v) is 4.65. The zero-order valence-corrected chi connectivity index (χ0v) is 8.54. The predicted octanol–water partition coefficient (Wildman–Crippen LogP) is 1.82. The summed E-state index contributed by atoms with van der Waals surface area (Å²) < 4.78 is 0. The fourth-order valence-corrected chi connectivity index (χ4v) is 1.14. The highest BCUT2D eigenvalue weighted by Crippen LogP contribution is 2.06. The zero-order chi connectivity index (χ0) is 10.4. The Morgan fingerprint density at radius 2 is 2.36 bits per heavy atom. The van der Waals surface area contributed by atoms with Gasteiger partial charge >= 0.3 is 0 Å². The lowest BCUT2D eigenvalue weighted by atomic mass is 10.1. The van der Waals surface area contributed by atoms with Crippen LogP contribution in [-0.2, 0) is 6.42 Å². The Balaban J connectivity index is 2.84. The van der Waals surface area contributed by atoms with Gasteiger partial charge in [-0.05, 0) is 18.1 Å². The van der Waals surface area contributed by atoms with Gasteiger partial charge in [-0.15, -0.1) is 0 Å². The minimum absolute atomic E-state index is 0.287. The second-order valence-corrected chi connectivity index (χ2v) is 2.95. The number of nitrogens with zero attached hydrogens (tertiary/aromatic N) is 1. The highest BCUT2D eigenvalue weighted by molar-refractivity contribution is 6.00. The van der Waals surface area contributed by atoms with Gasteiger partial charge in [-0.3, -0.25) is 5.41 Å². The van der Waals surface area contributed by atoms with Crippen molar-refractivity contribution in [3.8, 4) is 0 Å². The first-order valence-electron chi connectivity index (χ1n) is 4.65. The summed E-state index contributed by atoms with van der Waals surface area (Å²) in [4.78, 5) is 3.94. The van der Waals surface area contributed by atoms with E-state index in [4.69, 9.17) is 5.41 Å². The summed E-state index contributed by atoms with van der Waals surface area (Å²) in [6.45, 7) is 2.10. The average Bonchev–Trinajstić information content (AvgIpc) is 2.26. The summed E-state index contributed by atoms with van der Waals surface area (Å²) in [5.41, 5.74) is 2.09. The molecule has 14 heavy (non-hydrogen) atoms. The summed E-state index contributed by atoms with van der Waals surface area (Å²) in [6.07, 6.45) is 2.50. The van der Waals surface area contributed by atoms with Crippen LogP contribution in [0.5, 0.6) is 0 Å². The van der Waals surface area contributed by atoms with Crippen molar-refractivity contribution in [1.29, 1.82) is 5.41 Å². The van der Waals surface area contributed by atoms with Crippen molar-refractivity contribution in [3.05, 3.63) is 35.4 Å². The maximum Gasteiger partial charge on any atom is 0.153 e. The van der Waals surface area contributed by atoms with Gasteiger partial charge in [-0.2, -0.15) is 0 Å². The van der Waals surface area contributed by atoms with Crippen molar-refractivity contribution in [2.45, 2.75) is 13.3 Å². The van der Waals surface area contributed by atoms with Crippen molar-refractivity contribution < 1.29 is 0 Å².